The molecule has 1 saturated heterocycles. The zero-order valence-corrected chi connectivity index (χ0v) is 7.37. The molecule has 3 nitrogen and oxygen atoms in total. The Labute approximate surface area is 72.1 Å². The molecule has 2 unspecified atom stereocenters. The van der Waals surface area contributed by atoms with Crippen molar-refractivity contribution in [1.29, 1.82) is 0 Å². The molecular formula is C8H16FNO2. The van der Waals surface area contributed by atoms with E-state index in [1.807, 2.05) is 11.8 Å². The molecule has 1 rings (SSSR count). The first kappa shape index (κ1) is 9.89. The molecule has 0 radical (unpaired) electrons. The number of rotatable bonds is 3. The predicted molar refractivity (Wildman–Crippen MR) is 43.8 cm³/mol. The molecule has 0 aliphatic carbocycles. The molecule has 1 fully saturated rings. The molecule has 0 aromatic rings. The van der Waals surface area contributed by atoms with Crippen molar-refractivity contribution in [2.45, 2.75) is 19.1 Å². The topological polar surface area (TPSA) is 32.7 Å². The van der Waals surface area contributed by atoms with Crippen LogP contribution in [0.15, 0.2) is 0 Å². The zero-order valence-electron chi connectivity index (χ0n) is 7.37. The van der Waals surface area contributed by atoms with Crippen molar-refractivity contribution in [1.82, 2.24) is 4.90 Å². The predicted octanol–water partition coefficient (Wildman–Crippen LogP) is 0.0375. The fourth-order valence-corrected chi connectivity index (χ4v) is 1.35. The van der Waals surface area contributed by atoms with Crippen LogP contribution >= 0.6 is 0 Å². The van der Waals surface area contributed by atoms with E-state index in [1.54, 1.807) is 0 Å². The van der Waals surface area contributed by atoms with Gasteiger partial charge in [-0.05, 0) is 6.92 Å². The normalized spacial score (nSPS) is 28.8. The molecule has 1 aliphatic rings. The third kappa shape index (κ3) is 2.69. The number of hydrogen-bond acceptors (Lipinski definition) is 3. The summed E-state index contributed by atoms with van der Waals surface area (Å²) in [5.74, 6) is 0. The number of alkyl halides is 1. The van der Waals surface area contributed by atoms with Crippen LogP contribution in [0.2, 0.25) is 0 Å². The minimum absolute atomic E-state index is 0.292. The first-order valence-corrected chi connectivity index (χ1v) is 4.30. The summed E-state index contributed by atoms with van der Waals surface area (Å²) in [5.41, 5.74) is 0. The highest BCUT2D eigenvalue weighted by molar-refractivity contribution is 4.73. The van der Waals surface area contributed by atoms with Gasteiger partial charge in [-0.15, -0.1) is 0 Å². The molecule has 0 bridgehead atoms. The Hall–Kier alpha value is -0.190. The largest absolute Gasteiger partial charge is 0.389 e. The lowest BCUT2D eigenvalue weighted by atomic mass is 10.2. The van der Waals surface area contributed by atoms with Crippen LogP contribution in [0.3, 0.4) is 0 Å². The molecular weight excluding hydrogens is 161 g/mol. The molecule has 0 aromatic carbocycles. The van der Waals surface area contributed by atoms with Crippen LogP contribution in [-0.2, 0) is 4.74 Å². The maximum absolute atomic E-state index is 12.0. The van der Waals surface area contributed by atoms with Gasteiger partial charge >= 0.3 is 0 Å². The third-order valence-electron chi connectivity index (χ3n) is 2.13. The van der Waals surface area contributed by atoms with E-state index in [2.05, 4.69) is 0 Å². The Kier molecular flexibility index (Phi) is 3.91. The van der Waals surface area contributed by atoms with E-state index < -0.39 is 12.8 Å². The minimum atomic E-state index is -0.842. The molecule has 0 saturated carbocycles. The third-order valence-corrected chi connectivity index (χ3v) is 2.13. The summed E-state index contributed by atoms with van der Waals surface area (Å²) in [6.45, 7) is 3.93. The maximum atomic E-state index is 12.0. The highest BCUT2D eigenvalue weighted by atomic mass is 19.1. The van der Waals surface area contributed by atoms with Crippen molar-refractivity contribution in [3.8, 4) is 0 Å². The summed E-state index contributed by atoms with van der Waals surface area (Å²) in [6, 6.07) is 0.292. The van der Waals surface area contributed by atoms with Crippen molar-refractivity contribution in [3.63, 3.8) is 0 Å². The monoisotopic (exact) mass is 177 g/mol. The molecule has 1 N–H and O–H groups in total. The van der Waals surface area contributed by atoms with Gasteiger partial charge in [0.2, 0.25) is 0 Å². The Morgan fingerprint density at radius 1 is 1.75 bits per heavy atom. The second-order valence-corrected chi connectivity index (χ2v) is 3.23. The van der Waals surface area contributed by atoms with Crippen LogP contribution in [0, 0.1) is 0 Å². The van der Waals surface area contributed by atoms with Gasteiger partial charge in [-0.25, -0.2) is 4.39 Å². The van der Waals surface area contributed by atoms with Gasteiger partial charge in [0.25, 0.3) is 0 Å². The molecule has 2 atom stereocenters. The molecule has 1 aliphatic heterocycles. The molecule has 12 heavy (non-hydrogen) atoms. The lowest BCUT2D eigenvalue weighted by Crippen LogP contribution is -2.47. The number of ether oxygens (including phenoxy) is 1. The summed E-state index contributed by atoms with van der Waals surface area (Å²) in [7, 11) is 0. The standard InChI is InChI=1S/C8H16FNO2/c1-7-6-12-3-2-10(7)5-8(11)4-9/h7-8,11H,2-6H2,1H3. The van der Waals surface area contributed by atoms with Crippen molar-refractivity contribution in [2.24, 2.45) is 0 Å². The van der Waals surface area contributed by atoms with Crippen molar-refractivity contribution in [2.75, 3.05) is 33.0 Å². The highest BCUT2D eigenvalue weighted by Crippen LogP contribution is 2.06. The van der Waals surface area contributed by atoms with Crippen LogP contribution in [0.5, 0.6) is 0 Å². The van der Waals surface area contributed by atoms with Gasteiger partial charge in [0, 0.05) is 19.1 Å². The van der Waals surface area contributed by atoms with E-state index in [9.17, 15) is 4.39 Å². The van der Waals surface area contributed by atoms with Gasteiger partial charge in [0.15, 0.2) is 0 Å². The molecule has 0 spiro atoms. The smallest absolute Gasteiger partial charge is 0.117 e. The maximum Gasteiger partial charge on any atom is 0.117 e. The molecule has 4 heteroatoms. The Bertz CT molecular complexity index is 134. The van der Waals surface area contributed by atoms with Crippen LogP contribution in [-0.4, -0.2) is 55.1 Å². The van der Waals surface area contributed by atoms with Gasteiger partial charge in [0.1, 0.15) is 6.67 Å². The zero-order chi connectivity index (χ0) is 8.97. The molecule has 72 valence electrons. The Morgan fingerprint density at radius 3 is 3.08 bits per heavy atom. The summed E-state index contributed by atoms with van der Waals surface area (Å²) >= 11 is 0. The van der Waals surface area contributed by atoms with E-state index in [0.717, 1.165) is 6.54 Å². The van der Waals surface area contributed by atoms with Gasteiger partial charge in [-0.3, -0.25) is 4.90 Å². The number of β-amino-alcohol motifs (C(OH)–C–C–N with tert-alkyl or cyclic N) is 1. The Morgan fingerprint density at radius 2 is 2.50 bits per heavy atom. The number of aliphatic hydroxyl groups is 1. The lowest BCUT2D eigenvalue weighted by molar-refractivity contribution is -0.0230. The van der Waals surface area contributed by atoms with E-state index in [1.165, 1.54) is 0 Å². The average molecular weight is 177 g/mol. The number of nitrogens with zero attached hydrogens (tertiary/aromatic N) is 1. The number of halogens is 1. The Balaban J connectivity index is 2.28. The minimum Gasteiger partial charge on any atom is -0.389 e. The molecule has 1 heterocycles. The fraction of sp³-hybridized carbons (Fsp3) is 1.00. The van der Waals surface area contributed by atoms with Crippen molar-refractivity contribution >= 4 is 0 Å². The van der Waals surface area contributed by atoms with Crippen LogP contribution in [0.4, 0.5) is 4.39 Å². The summed E-state index contributed by atoms with van der Waals surface area (Å²) in [6.07, 6.45) is -0.842. The quantitative estimate of drug-likeness (QED) is 0.660. The lowest BCUT2D eigenvalue weighted by Gasteiger charge is -2.33. The summed E-state index contributed by atoms with van der Waals surface area (Å²) in [5, 5.41) is 9.07. The fourth-order valence-electron chi connectivity index (χ4n) is 1.35. The van der Waals surface area contributed by atoms with E-state index in [4.69, 9.17) is 9.84 Å². The van der Waals surface area contributed by atoms with Gasteiger partial charge in [-0.2, -0.15) is 0 Å². The molecule has 0 aromatic heterocycles. The van der Waals surface area contributed by atoms with E-state index >= 15 is 0 Å². The van der Waals surface area contributed by atoms with E-state index in [0.29, 0.717) is 25.8 Å². The number of hydrogen-bond donors (Lipinski definition) is 1. The van der Waals surface area contributed by atoms with Gasteiger partial charge < -0.3 is 9.84 Å². The second-order valence-electron chi connectivity index (χ2n) is 3.23. The molecule has 0 amide bonds. The highest BCUT2D eigenvalue weighted by Gasteiger charge is 2.20. The van der Waals surface area contributed by atoms with Crippen LogP contribution in [0.25, 0.3) is 0 Å². The summed E-state index contributed by atoms with van der Waals surface area (Å²) in [4.78, 5) is 2.05. The number of aliphatic hydroxyl groups excluding tert-OH is 1. The summed E-state index contributed by atoms with van der Waals surface area (Å²) < 4.78 is 17.2. The van der Waals surface area contributed by atoms with Crippen molar-refractivity contribution in [3.05, 3.63) is 0 Å². The first-order chi connectivity index (χ1) is 5.74. The SMILES string of the molecule is CC1COCCN1CC(O)CF. The van der Waals surface area contributed by atoms with Gasteiger partial charge in [0.05, 0.1) is 19.3 Å². The van der Waals surface area contributed by atoms with Crippen LogP contribution in [0.1, 0.15) is 6.92 Å². The van der Waals surface area contributed by atoms with E-state index in [-0.39, 0.29) is 0 Å². The van der Waals surface area contributed by atoms with Crippen molar-refractivity contribution < 1.29 is 14.2 Å². The second kappa shape index (κ2) is 4.74. The van der Waals surface area contributed by atoms with Crippen LogP contribution < -0.4 is 0 Å². The van der Waals surface area contributed by atoms with Gasteiger partial charge in [-0.1, -0.05) is 0 Å². The average Bonchev–Trinajstić information content (AvgIpc) is 2.09. The first-order valence-electron chi connectivity index (χ1n) is 4.30. The number of morpholine rings is 1.